The van der Waals surface area contributed by atoms with Crippen LogP contribution in [0.1, 0.15) is 41.7 Å². The molecule has 0 bridgehead atoms. The molecule has 0 spiro atoms. The van der Waals surface area contributed by atoms with Crippen molar-refractivity contribution in [2.75, 3.05) is 12.0 Å². The van der Waals surface area contributed by atoms with Crippen LogP contribution in [0.2, 0.25) is 0 Å². The second kappa shape index (κ2) is 8.78. The number of carbonyl (C=O) groups is 1. The molecule has 1 aliphatic rings. The maximum absolute atomic E-state index is 12.1. The Labute approximate surface area is 197 Å². The van der Waals surface area contributed by atoms with Crippen LogP contribution in [0.15, 0.2) is 59.9 Å². The van der Waals surface area contributed by atoms with Gasteiger partial charge in [-0.1, -0.05) is 6.08 Å². The molecule has 0 saturated carbocycles. The Morgan fingerprint density at radius 2 is 2.12 bits per heavy atom. The van der Waals surface area contributed by atoms with Crippen LogP contribution in [0.3, 0.4) is 0 Å². The topological polar surface area (TPSA) is 86.3 Å². The molecule has 174 valence electrons. The van der Waals surface area contributed by atoms with E-state index >= 15 is 0 Å². The van der Waals surface area contributed by atoms with Crippen molar-refractivity contribution < 1.29 is 13.9 Å². The minimum Gasteiger partial charge on any atom is -0.465 e. The minimum atomic E-state index is -0.396. The van der Waals surface area contributed by atoms with Crippen LogP contribution in [0.5, 0.6) is 0 Å². The highest BCUT2D eigenvalue weighted by Gasteiger charge is 2.29. The molecule has 1 aromatic carbocycles. The molecule has 8 nitrogen and oxygen atoms in total. The van der Waals surface area contributed by atoms with Crippen LogP contribution in [0, 0.1) is 6.92 Å². The molecule has 3 aromatic heterocycles. The number of methoxy groups -OCH3 is 1. The fraction of sp³-hybridized carbons (Fsp3) is 0.308. The van der Waals surface area contributed by atoms with Gasteiger partial charge in [0.25, 0.3) is 0 Å². The summed E-state index contributed by atoms with van der Waals surface area (Å²) in [6, 6.07) is 10.2. The van der Waals surface area contributed by atoms with E-state index in [4.69, 9.17) is 19.1 Å². The number of anilines is 1. The summed E-state index contributed by atoms with van der Waals surface area (Å²) in [4.78, 5) is 28.5. The number of carbonyl (C=O) groups excluding carboxylic acids is 1. The quantitative estimate of drug-likeness (QED) is 0.304. The summed E-state index contributed by atoms with van der Waals surface area (Å²) in [6.07, 6.45) is 7.71. The van der Waals surface area contributed by atoms with E-state index in [-0.39, 0.29) is 0 Å². The standard InChI is InChI=1S/C26H27N5O3/c1-5-21-9-6-16(2)31(21)24-11-8-19(13-27-24)25-29-22-12-18(26(32)33-4)7-10-23(22)30(25)14-20-15-34-17(3)28-20/h5,7-8,10-13,15-16,21H,1,6,9,14H2,2-4H3/t16-,21-/m0/s1. The van der Waals surface area contributed by atoms with Gasteiger partial charge in [-0.25, -0.2) is 19.7 Å². The van der Waals surface area contributed by atoms with E-state index in [0.29, 0.717) is 35.6 Å². The molecule has 0 radical (unpaired) electrons. The first-order valence-corrected chi connectivity index (χ1v) is 11.4. The molecule has 2 atom stereocenters. The Morgan fingerprint density at radius 1 is 1.26 bits per heavy atom. The average Bonchev–Trinajstić information content (AvgIpc) is 3.55. The lowest BCUT2D eigenvalue weighted by atomic mass is 10.2. The zero-order valence-corrected chi connectivity index (χ0v) is 19.6. The van der Waals surface area contributed by atoms with Crippen molar-refractivity contribution in [2.45, 2.75) is 45.3 Å². The molecular formula is C26H27N5O3. The number of hydrogen-bond acceptors (Lipinski definition) is 7. The van der Waals surface area contributed by atoms with Crippen molar-refractivity contribution in [3.8, 4) is 11.4 Å². The number of hydrogen-bond donors (Lipinski definition) is 0. The molecule has 4 heterocycles. The second-order valence-electron chi connectivity index (χ2n) is 8.62. The fourth-order valence-electron chi connectivity index (χ4n) is 4.71. The SMILES string of the molecule is C=C[C@H]1CC[C@H](C)N1c1ccc(-c2nc3cc(C(=O)OC)ccc3n2Cc2coc(C)n2)cn1. The summed E-state index contributed by atoms with van der Waals surface area (Å²) in [7, 11) is 1.37. The molecule has 1 saturated heterocycles. The van der Waals surface area contributed by atoms with E-state index in [0.717, 1.165) is 41.3 Å². The molecule has 0 N–H and O–H groups in total. The van der Waals surface area contributed by atoms with Gasteiger partial charge >= 0.3 is 5.97 Å². The highest BCUT2D eigenvalue weighted by atomic mass is 16.5. The lowest BCUT2D eigenvalue weighted by Gasteiger charge is -2.27. The number of pyridine rings is 1. The van der Waals surface area contributed by atoms with Crippen molar-refractivity contribution in [1.29, 1.82) is 0 Å². The molecule has 0 aliphatic carbocycles. The third-order valence-electron chi connectivity index (χ3n) is 6.41. The summed E-state index contributed by atoms with van der Waals surface area (Å²) in [5.74, 6) is 1.89. The van der Waals surface area contributed by atoms with Crippen LogP contribution < -0.4 is 4.90 Å². The number of aryl methyl sites for hydroxylation is 1. The molecule has 8 heteroatoms. The van der Waals surface area contributed by atoms with Gasteiger partial charge in [-0.15, -0.1) is 6.58 Å². The van der Waals surface area contributed by atoms with Gasteiger partial charge in [-0.3, -0.25) is 0 Å². The van der Waals surface area contributed by atoms with Gasteiger partial charge in [-0.05, 0) is 50.1 Å². The zero-order valence-electron chi connectivity index (χ0n) is 19.6. The summed E-state index contributed by atoms with van der Waals surface area (Å²) < 4.78 is 12.3. The number of oxazole rings is 1. The monoisotopic (exact) mass is 457 g/mol. The van der Waals surface area contributed by atoms with Crippen molar-refractivity contribution in [1.82, 2.24) is 19.5 Å². The molecule has 1 fully saturated rings. The van der Waals surface area contributed by atoms with Gasteiger partial charge in [0, 0.05) is 30.8 Å². The highest BCUT2D eigenvalue weighted by molar-refractivity contribution is 5.94. The summed E-state index contributed by atoms with van der Waals surface area (Å²) in [5, 5.41) is 0. The van der Waals surface area contributed by atoms with Gasteiger partial charge in [-0.2, -0.15) is 0 Å². The van der Waals surface area contributed by atoms with Gasteiger partial charge in [0.15, 0.2) is 5.89 Å². The third-order valence-corrected chi connectivity index (χ3v) is 6.41. The van der Waals surface area contributed by atoms with E-state index in [9.17, 15) is 4.79 Å². The lowest BCUT2D eigenvalue weighted by molar-refractivity contribution is 0.0601. The van der Waals surface area contributed by atoms with E-state index < -0.39 is 5.97 Å². The van der Waals surface area contributed by atoms with Crippen LogP contribution in [-0.2, 0) is 11.3 Å². The number of rotatable bonds is 6. The number of benzene rings is 1. The van der Waals surface area contributed by atoms with Crippen molar-refractivity contribution >= 4 is 22.8 Å². The highest BCUT2D eigenvalue weighted by Crippen LogP contribution is 2.32. The molecular weight excluding hydrogens is 430 g/mol. The number of aromatic nitrogens is 4. The maximum Gasteiger partial charge on any atom is 0.337 e. The molecule has 0 unspecified atom stereocenters. The van der Waals surface area contributed by atoms with Crippen LogP contribution in [0.25, 0.3) is 22.4 Å². The normalized spacial score (nSPS) is 17.9. The summed E-state index contributed by atoms with van der Waals surface area (Å²) in [5.41, 5.74) is 3.70. The first-order valence-electron chi connectivity index (χ1n) is 11.4. The molecule has 0 amide bonds. The van der Waals surface area contributed by atoms with Crippen LogP contribution >= 0.6 is 0 Å². The maximum atomic E-state index is 12.1. The first-order chi connectivity index (χ1) is 16.5. The van der Waals surface area contributed by atoms with Crippen molar-refractivity contribution in [3.05, 3.63) is 72.6 Å². The van der Waals surface area contributed by atoms with Gasteiger partial charge < -0.3 is 18.6 Å². The number of esters is 1. The average molecular weight is 458 g/mol. The van der Waals surface area contributed by atoms with E-state index in [1.807, 2.05) is 37.4 Å². The molecule has 34 heavy (non-hydrogen) atoms. The van der Waals surface area contributed by atoms with Crippen molar-refractivity contribution in [2.24, 2.45) is 0 Å². The van der Waals surface area contributed by atoms with Crippen LogP contribution in [-0.4, -0.2) is 44.7 Å². The predicted octanol–water partition coefficient (Wildman–Crippen LogP) is 4.77. The lowest BCUT2D eigenvalue weighted by Crippen LogP contribution is -2.33. The Kier molecular flexibility index (Phi) is 5.65. The Balaban J connectivity index is 1.57. The summed E-state index contributed by atoms with van der Waals surface area (Å²) in [6.45, 7) is 8.50. The van der Waals surface area contributed by atoms with E-state index in [1.165, 1.54) is 7.11 Å². The zero-order chi connectivity index (χ0) is 23.8. The van der Waals surface area contributed by atoms with Crippen LogP contribution in [0.4, 0.5) is 5.82 Å². The number of imidazole rings is 1. The third kappa shape index (κ3) is 3.85. The Bertz CT molecular complexity index is 1350. The van der Waals surface area contributed by atoms with Gasteiger partial charge in [0.2, 0.25) is 0 Å². The second-order valence-corrected chi connectivity index (χ2v) is 8.62. The van der Waals surface area contributed by atoms with Crippen molar-refractivity contribution in [3.63, 3.8) is 0 Å². The van der Waals surface area contributed by atoms with Gasteiger partial charge in [0.05, 0.1) is 35.9 Å². The number of nitrogens with zero attached hydrogens (tertiary/aromatic N) is 5. The molecule has 4 aromatic rings. The smallest absolute Gasteiger partial charge is 0.337 e. The van der Waals surface area contributed by atoms with E-state index in [2.05, 4.69) is 28.0 Å². The molecule has 1 aliphatic heterocycles. The Morgan fingerprint density at radius 3 is 2.79 bits per heavy atom. The first kappa shape index (κ1) is 21.9. The number of fused-ring (bicyclic) bond motifs is 1. The Hall–Kier alpha value is -3.94. The molecule has 5 rings (SSSR count). The fourth-order valence-corrected chi connectivity index (χ4v) is 4.71. The largest absolute Gasteiger partial charge is 0.465 e. The predicted molar refractivity (Wildman–Crippen MR) is 130 cm³/mol. The van der Waals surface area contributed by atoms with E-state index in [1.54, 1.807) is 18.4 Å². The minimum absolute atomic E-state index is 0.296. The van der Waals surface area contributed by atoms with Gasteiger partial charge in [0.1, 0.15) is 17.9 Å². The summed E-state index contributed by atoms with van der Waals surface area (Å²) >= 11 is 0. The number of ether oxygens (including phenoxy) is 1.